The van der Waals surface area contributed by atoms with Crippen LogP contribution in [0.1, 0.15) is 10.4 Å². The number of carbonyl (C=O) groups excluding carboxylic acids is 1. The molecule has 0 bridgehead atoms. The summed E-state index contributed by atoms with van der Waals surface area (Å²) in [5.74, 6) is 1.85. The molecule has 0 saturated heterocycles. The maximum absolute atomic E-state index is 13.1. The zero-order valence-corrected chi connectivity index (χ0v) is 16.1. The average Bonchev–Trinajstić information content (AvgIpc) is 3.26. The Morgan fingerprint density at radius 2 is 1.67 bits per heavy atom. The minimum absolute atomic E-state index is 0.160. The first-order valence-corrected chi connectivity index (χ1v) is 9.37. The molecule has 0 saturated carbocycles. The summed E-state index contributed by atoms with van der Waals surface area (Å²) in [7, 11) is 1.62. The number of aromatic nitrogens is 1. The van der Waals surface area contributed by atoms with Crippen molar-refractivity contribution in [2.75, 3.05) is 13.9 Å². The highest BCUT2D eigenvalue weighted by Gasteiger charge is 2.19. The first kappa shape index (κ1) is 18.0. The topological polar surface area (TPSA) is 66.9 Å². The molecular weight excluding hydrogens is 382 g/mol. The zero-order chi connectivity index (χ0) is 20.5. The van der Waals surface area contributed by atoms with E-state index in [1.807, 2.05) is 48.5 Å². The summed E-state index contributed by atoms with van der Waals surface area (Å²) in [6.45, 7) is 0.160. The van der Waals surface area contributed by atoms with Crippen LogP contribution in [0.15, 0.2) is 72.8 Å². The minimum Gasteiger partial charge on any atom is -0.497 e. The van der Waals surface area contributed by atoms with Crippen LogP contribution in [0, 0.1) is 0 Å². The van der Waals surface area contributed by atoms with Crippen LogP contribution in [0.3, 0.4) is 0 Å². The van der Waals surface area contributed by atoms with Gasteiger partial charge in [0.2, 0.25) is 6.79 Å². The van der Waals surface area contributed by atoms with Crippen molar-refractivity contribution in [3.63, 3.8) is 0 Å². The molecule has 2 heterocycles. The molecule has 30 heavy (non-hydrogen) atoms. The van der Waals surface area contributed by atoms with Crippen molar-refractivity contribution in [1.82, 2.24) is 4.98 Å². The van der Waals surface area contributed by atoms with E-state index in [0.29, 0.717) is 34.0 Å². The molecule has 0 amide bonds. The predicted octanol–water partition coefficient (Wildman–Crippen LogP) is 4.86. The normalized spacial score (nSPS) is 12.0. The Hall–Kier alpha value is -4.06. The lowest BCUT2D eigenvalue weighted by atomic mass is 10.0. The Balaban J connectivity index is 1.54. The first-order valence-electron chi connectivity index (χ1n) is 9.37. The average molecular weight is 399 g/mol. The molecule has 0 atom stereocenters. The summed E-state index contributed by atoms with van der Waals surface area (Å²) in [5.41, 5.74) is 2.69. The van der Waals surface area contributed by atoms with Crippen molar-refractivity contribution in [2.45, 2.75) is 0 Å². The van der Waals surface area contributed by atoms with E-state index in [-0.39, 0.29) is 6.79 Å². The first-order chi connectivity index (χ1) is 14.7. The molecule has 1 aromatic heterocycles. The summed E-state index contributed by atoms with van der Waals surface area (Å²) in [6, 6.07) is 21.8. The Kier molecular flexibility index (Phi) is 4.44. The molecule has 0 aliphatic carbocycles. The highest BCUT2D eigenvalue weighted by atomic mass is 16.7. The lowest BCUT2D eigenvalue weighted by Crippen LogP contribution is -2.10. The summed E-state index contributed by atoms with van der Waals surface area (Å²) in [4.78, 5) is 17.8. The van der Waals surface area contributed by atoms with E-state index in [2.05, 4.69) is 0 Å². The van der Waals surface area contributed by atoms with Gasteiger partial charge in [-0.15, -0.1) is 0 Å². The van der Waals surface area contributed by atoms with Gasteiger partial charge in [-0.05, 0) is 48.5 Å². The molecule has 148 valence electrons. The Morgan fingerprint density at radius 3 is 2.50 bits per heavy atom. The standard InChI is InChI=1S/C24H17NO5/c1-27-16-8-6-15(7-9-16)21-13-19(18-4-2-3-5-20(18)25-21)24(26)30-17-10-11-22-23(12-17)29-14-28-22/h2-13H,14H2,1H3. The van der Waals surface area contributed by atoms with Gasteiger partial charge in [-0.1, -0.05) is 18.2 Å². The Labute approximate surface area is 172 Å². The summed E-state index contributed by atoms with van der Waals surface area (Å²) in [5, 5.41) is 0.723. The van der Waals surface area contributed by atoms with E-state index in [9.17, 15) is 4.79 Å². The summed E-state index contributed by atoms with van der Waals surface area (Å²) in [6.07, 6.45) is 0. The molecule has 3 aromatic carbocycles. The summed E-state index contributed by atoms with van der Waals surface area (Å²) < 4.78 is 21.5. The van der Waals surface area contributed by atoms with E-state index in [0.717, 1.165) is 16.7 Å². The highest BCUT2D eigenvalue weighted by Crippen LogP contribution is 2.35. The fourth-order valence-corrected chi connectivity index (χ4v) is 3.36. The van der Waals surface area contributed by atoms with Crippen LogP contribution in [0.2, 0.25) is 0 Å². The number of pyridine rings is 1. The van der Waals surface area contributed by atoms with Crippen LogP contribution in [0.25, 0.3) is 22.2 Å². The molecule has 1 aliphatic heterocycles. The third-order valence-electron chi connectivity index (χ3n) is 4.88. The van der Waals surface area contributed by atoms with E-state index >= 15 is 0 Å². The second-order valence-corrected chi connectivity index (χ2v) is 6.71. The van der Waals surface area contributed by atoms with Gasteiger partial charge in [0.05, 0.1) is 23.9 Å². The molecule has 0 radical (unpaired) electrons. The number of methoxy groups -OCH3 is 1. The van der Waals surface area contributed by atoms with E-state index in [1.165, 1.54) is 0 Å². The van der Waals surface area contributed by atoms with Crippen molar-refractivity contribution in [3.8, 4) is 34.3 Å². The van der Waals surface area contributed by atoms with Gasteiger partial charge >= 0.3 is 5.97 Å². The minimum atomic E-state index is -0.470. The number of fused-ring (bicyclic) bond motifs is 2. The molecule has 6 nitrogen and oxygen atoms in total. The number of benzene rings is 3. The van der Waals surface area contributed by atoms with Gasteiger partial charge in [0.15, 0.2) is 11.5 Å². The summed E-state index contributed by atoms with van der Waals surface area (Å²) >= 11 is 0. The predicted molar refractivity (Wildman–Crippen MR) is 111 cm³/mol. The maximum Gasteiger partial charge on any atom is 0.344 e. The number of carbonyl (C=O) groups is 1. The third kappa shape index (κ3) is 3.28. The SMILES string of the molecule is COc1ccc(-c2cc(C(=O)Oc3ccc4c(c3)OCO4)c3ccccc3n2)cc1. The fraction of sp³-hybridized carbons (Fsp3) is 0.0833. The number of para-hydroxylation sites is 1. The number of nitrogens with zero attached hydrogens (tertiary/aromatic N) is 1. The fourth-order valence-electron chi connectivity index (χ4n) is 3.36. The van der Waals surface area contributed by atoms with Crippen molar-refractivity contribution < 1.29 is 23.7 Å². The lowest BCUT2D eigenvalue weighted by molar-refractivity contribution is 0.0736. The van der Waals surface area contributed by atoms with Crippen LogP contribution in [-0.4, -0.2) is 24.9 Å². The number of rotatable bonds is 4. The zero-order valence-electron chi connectivity index (χ0n) is 16.1. The second-order valence-electron chi connectivity index (χ2n) is 6.71. The van der Waals surface area contributed by atoms with Crippen molar-refractivity contribution in [1.29, 1.82) is 0 Å². The van der Waals surface area contributed by atoms with Crippen LogP contribution < -0.4 is 18.9 Å². The molecule has 6 heteroatoms. The van der Waals surface area contributed by atoms with Gasteiger partial charge in [0.1, 0.15) is 11.5 Å². The monoisotopic (exact) mass is 399 g/mol. The molecule has 0 N–H and O–H groups in total. The molecule has 1 aliphatic rings. The second kappa shape index (κ2) is 7.40. The molecular formula is C24H17NO5. The highest BCUT2D eigenvalue weighted by molar-refractivity contribution is 6.05. The van der Waals surface area contributed by atoms with Gasteiger partial charge in [0.25, 0.3) is 0 Å². The van der Waals surface area contributed by atoms with Gasteiger partial charge in [-0.3, -0.25) is 0 Å². The number of hydrogen-bond donors (Lipinski definition) is 0. The molecule has 0 fully saturated rings. The van der Waals surface area contributed by atoms with Crippen LogP contribution in [-0.2, 0) is 0 Å². The van der Waals surface area contributed by atoms with E-state index in [4.69, 9.17) is 23.9 Å². The molecule has 5 rings (SSSR count). The quantitative estimate of drug-likeness (QED) is 0.361. The smallest absolute Gasteiger partial charge is 0.344 e. The lowest BCUT2D eigenvalue weighted by Gasteiger charge is -2.11. The largest absolute Gasteiger partial charge is 0.497 e. The Bertz CT molecular complexity index is 1250. The van der Waals surface area contributed by atoms with Crippen molar-refractivity contribution >= 4 is 16.9 Å². The number of hydrogen-bond acceptors (Lipinski definition) is 6. The van der Waals surface area contributed by atoms with Crippen LogP contribution in [0.4, 0.5) is 0 Å². The van der Waals surface area contributed by atoms with E-state index < -0.39 is 5.97 Å². The Morgan fingerprint density at radius 1 is 0.900 bits per heavy atom. The van der Waals surface area contributed by atoms with Crippen LogP contribution in [0.5, 0.6) is 23.0 Å². The van der Waals surface area contributed by atoms with Gasteiger partial charge in [-0.2, -0.15) is 0 Å². The molecule has 0 unspecified atom stereocenters. The van der Waals surface area contributed by atoms with Gasteiger partial charge in [-0.25, -0.2) is 9.78 Å². The van der Waals surface area contributed by atoms with Crippen LogP contribution >= 0.6 is 0 Å². The maximum atomic E-state index is 13.1. The third-order valence-corrected chi connectivity index (χ3v) is 4.88. The van der Waals surface area contributed by atoms with Gasteiger partial charge < -0.3 is 18.9 Å². The molecule has 4 aromatic rings. The van der Waals surface area contributed by atoms with Crippen molar-refractivity contribution in [2.24, 2.45) is 0 Å². The molecule has 0 spiro atoms. The van der Waals surface area contributed by atoms with Gasteiger partial charge in [0, 0.05) is 17.0 Å². The number of ether oxygens (including phenoxy) is 4. The number of esters is 1. The van der Waals surface area contributed by atoms with E-state index in [1.54, 1.807) is 31.4 Å². The van der Waals surface area contributed by atoms with Crippen molar-refractivity contribution in [3.05, 3.63) is 78.4 Å².